The second kappa shape index (κ2) is 11.4. The summed E-state index contributed by atoms with van der Waals surface area (Å²) in [6.45, 7) is 6.03. The first kappa shape index (κ1) is 24.2. The number of carbonyl (C=O) groups excluding carboxylic acids is 2. The molecule has 1 atom stereocenters. The topological polar surface area (TPSA) is 49.4 Å². The molecule has 0 aliphatic heterocycles. The van der Waals surface area contributed by atoms with E-state index in [1.807, 2.05) is 75.4 Å². The van der Waals surface area contributed by atoms with Crippen LogP contribution in [-0.2, 0) is 29.0 Å². The Labute approximate surface area is 195 Å². The normalized spacial score (nSPS) is 11.8. The van der Waals surface area contributed by atoms with Crippen molar-refractivity contribution in [1.82, 2.24) is 10.2 Å². The van der Waals surface area contributed by atoms with Gasteiger partial charge in [-0.15, -0.1) is 0 Å². The summed E-state index contributed by atoms with van der Waals surface area (Å²) < 4.78 is 14.3. The first-order valence-corrected chi connectivity index (χ1v) is 11.3. The molecule has 1 unspecified atom stereocenters. The summed E-state index contributed by atoms with van der Waals surface area (Å²) in [7, 11) is 0. The van der Waals surface area contributed by atoms with Gasteiger partial charge in [-0.1, -0.05) is 78.4 Å². The van der Waals surface area contributed by atoms with Gasteiger partial charge < -0.3 is 10.2 Å². The lowest BCUT2D eigenvalue weighted by Crippen LogP contribution is -2.52. The average molecular weight is 447 g/mol. The summed E-state index contributed by atoms with van der Waals surface area (Å²) in [4.78, 5) is 28.4. The number of aryl methyl sites for hydroxylation is 1. The Kier molecular flexibility index (Phi) is 8.36. The molecular formula is C28H31FN2O2. The summed E-state index contributed by atoms with van der Waals surface area (Å²) in [6.07, 6.45) is 0.257. The van der Waals surface area contributed by atoms with Crippen LogP contribution in [0.2, 0.25) is 0 Å². The minimum absolute atomic E-state index is 0.0711. The molecule has 3 aromatic rings. The van der Waals surface area contributed by atoms with E-state index in [2.05, 4.69) is 5.32 Å². The SMILES string of the molecule is Cc1cccc(CN(C(=O)Cc2ccccc2F)C(Cc2ccccc2)C(=O)NC(C)C)c1. The predicted molar refractivity (Wildman–Crippen MR) is 129 cm³/mol. The maximum atomic E-state index is 14.3. The fraction of sp³-hybridized carbons (Fsp3) is 0.286. The Morgan fingerprint density at radius 3 is 2.24 bits per heavy atom. The molecule has 0 saturated heterocycles. The summed E-state index contributed by atoms with van der Waals surface area (Å²) in [5.41, 5.74) is 3.27. The van der Waals surface area contributed by atoms with Crippen molar-refractivity contribution in [2.45, 2.75) is 52.2 Å². The van der Waals surface area contributed by atoms with Crippen LogP contribution in [0.1, 0.15) is 36.1 Å². The van der Waals surface area contributed by atoms with Crippen LogP contribution in [0.15, 0.2) is 78.9 Å². The third-order valence-corrected chi connectivity index (χ3v) is 5.44. The van der Waals surface area contributed by atoms with Crippen molar-refractivity contribution in [3.8, 4) is 0 Å². The number of nitrogens with zero attached hydrogens (tertiary/aromatic N) is 1. The van der Waals surface area contributed by atoms with Crippen LogP contribution in [0.4, 0.5) is 4.39 Å². The van der Waals surface area contributed by atoms with Crippen LogP contribution in [0.3, 0.4) is 0 Å². The Morgan fingerprint density at radius 1 is 0.909 bits per heavy atom. The van der Waals surface area contributed by atoms with Gasteiger partial charge in [-0.3, -0.25) is 9.59 Å². The lowest BCUT2D eigenvalue weighted by molar-refractivity contribution is -0.141. The van der Waals surface area contributed by atoms with Gasteiger partial charge in [0.1, 0.15) is 11.9 Å². The van der Waals surface area contributed by atoms with Crippen molar-refractivity contribution in [3.05, 3.63) is 107 Å². The molecule has 0 radical (unpaired) electrons. The fourth-order valence-electron chi connectivity index (χ4n) is 3.85. The first-order valence-electron chi connectivity index (χ1n) is 11.3. The zero-order chi connectivity index (χ0) is 23.8. The van der Waals surface area contributed by atoms with Crippen molar-refractivity contribution in [3.63, 3.8) is 0 Å². The molecule has 33 heavy (non-hydrogen) atoms. The van der Waals surface area contributed by atoms with Crippen LogP contribution >= 0.6 is 0 Å². The van der Waals surface area contributed by atoms with E-state index in [0.29, 0.717) is 12.0 Å². The molecule has 0 spiro atoms. The van der Waals surface area contributed by atoms with Crippen LogP contribution in [0.25, 0.3) is 0 Å². The van der Waals surface area contributed by atoms with Crippen LogP contribution in [0.5, 0.6) is 0 Å². The van der Waals surface area contributed by atoms with E-state index in [1.165, 1.54) is 6.07 Å². The highest BCUT2D eigenvalue weighted by molar-refractivity contribution is 5.89. The number of benzene rings is 3. The molecule has 4 nitrogen and oxygen atoms in total. The molecule has 0 saturated carbocycles. The van der Waals surface area contributed by atoms with Crippen LogP contribution in [0, 0.1) is 12.7 Å². The van der Waals surface area contributed by atoms with Gasteiger partial charge in [-0.25, -0.2) is 4.39 Å². The van der Waals surface area contributed by atoms with E-state index in [1.54, 1.807) is 23.1 Å². The molecule has 3 aromatic carbocycles. The monoisotopic (exact) mass is 446 g/mol. The second-order valence-electron chi connectivity index (χ2n) is 8.65. The maximum absolute atomic E-state index is 14.3. The van der Waals surface area contributed by atoms with Crippen LogP contribution in [-0.4, -0.2) is 28.8 Å². The lowest BCUT2D eigenvalue weighted by Gasteiger charge is -2.32. The number of amides is 2. The third-order valence-electron chi connectivity index (χ3n) is 5.44. The zero-order valence-electron chi connectivity index (χ0n) is 19.4. The van der Waals surface area contributed by atoms with Gasteiger partial charge >= 0.3 is 0 Å². The standard InChI is InChI=1S/C28H31FN2O2/c1-20(2)30-28(33)26(17-22-11-5-4-6-12-22)31(19-23-13-9-10-21(3)16-23)27(32)18-24-14-7-8-15-25(24)29/h4-16,20,26H,17-19H2,1-3H3,(H,30,33). The number of hydrogen-bond acceptors (Lipinski definition) is 2. The number of hydrogen-bond donors (Lipinski definition) is 1. The lowest BCUT2D eigenvalue weighted by atomic mass is 10.0. The van der Waals surface area contributed by atoms with Crippen molar-refractivity contribution in [2.75, 3.05) is 0 Å². The van der Waals surface area contributed by atoms with Gasteiger partial charge in [0.15, 0.2) is 0 Å². The van der Waals surface area contributed by atoms with Crippen molar-refractivity contribution >= 4 is 11.8 Å². The fourth-order valence-corrected chi connectivity index (χ4v) is 3.85. The maximum Gasteiger partial charge on any atom is 0.243 e. The molecule has 0 bridgehead atoms. The first-order chi connectivity index (χ1) is 15.8. The van der Waals surface area contributed by atoms with Gasteiger partial charge in [0.2, 0.25) is 11.8 Å². The molecule has 0 aliphatic carbocycles. The third kappa shape index (κ3) is 7.01. The average Bonchev–Trinajstić information content (AvgIpc) is 2.78. The van der Waals surface area contributed by atoms with E-state index < -0.39 is 11.9 Å². The van der Waals surface area contributed by atoms with E-state index >= 15 is 0 Å². The number of halogens is 1. The Morgan fingerprint density at radius 2 is 1.58 bits per heavy atom. The highest BCUT2D eigenvalue weighted by atomic mass is 19.1. The summed E-state index contributed by atoms with van der Waals surface area (Å²) in [6, 6.07) is 23.0. The summed E-state index contributed by atoms with van der Waals surface area (Å²) in [5.74, 6) is -0.933. The molecule has 0 fully saturated rings. The van der Waals surface area contributed by atoms with E-state index in [4.69, 9.17) is 0 Å². The zero-order valence-corrected chi connectivity index (χ0v) is 19.4. The highest BCUT2D eigenvalue weighted by Gasteiger charge is 2.31. The molecule has 172 valence electrons. The van der Waals surface area contributed by atoms with Gasteiger partial charge in [0.05, 0.1) is 6.42 Å². The molecular weight excluding hydrogens is 415 g/mol. The minimum atomic E-state index is -0.727. The Hall–Kier alpha value is -3.47. The largest absolute Gasteiger partial charge is 0.352 e. The minimum Gasteiger partial charge on any atom is -0.352 e. The predicted octanol–water partition coefficient (Wildman–Crippen LogP) is 4.84. The summed E-state index contributed by atoms with van der Waals surface area (Å²) >= 11 is 0. The van der Waals surface area contributed by atoms with Gasteiger partial charge in [-0.2, -0.15) is 0 Å². The van der Waals surface area contributed by atoms with Gasteiger partial charge in [0.25, 0.3) is 0 Å². The molecule has 0 aromatic heterocycles. The van der Waals surface area contributed by atoms with Crippen molar-refractivity contribution in [1.29, 1.82) is 0 Å². The van der Waals surface area contributed by atoms with Crippen LogP contribution < -0.4 is 5.32 Å². The van der Waals surface area contributed by atoms with Gasteiger partial charge in [-0.05, 0) is 43.5 Å². The van der Waals surface area contributed by atoms with Gasteiger partial charge in [0, 0.05) is 19.0 Å². The molecule has 0 aliphatic rings. The molecule has 3 rings (SSSR count). The van der Waals surface area contributed by atoms with E-state index in [9.17, 15) is 14.0 Å². The van der Waals surface area contributed by atoms with E-state index in [-0.39, 0.29) is 30.8 Å². The quantitative estimate of drug-likeness (QED) is 0.511. The smallest absolute Gasteiger partial charge is 0.243 e. The molecule has 5 heteroatoms. The molecule has 0 heterocycles. The Bertz CT molecular complexity index is 1080. The highest BCUT2D eigenvalue weighted by Crippen LogP contribution is 2.18. The number of carbonyl (C=O) groups is 2. The second-order valence-corrected chi connectivity index (χ2v) is 8.65. The van der Waals surface area contributed by atoms with E-state index in [0.717, 1.165) is 16.7 Å². The molecule has 2 amide bonds. The van der Waals surface area contributed by atoms with Crippen molar-refractivity contribution < 1.29 is 14.0 Å². The number of nitrogens with one attached hydrogen (secondary N) is 1. The molecule has 1 N–H and O–H groups in total. The summed E-state index contributed by atoms with van der Waals surface area (Å²) in [5, 5.41) is 2.96. The number of rotatable bonds is 9. The Balaban J connectivity index is 1.98. The van der Waals surface area contributed by atoms with Crippen molar-refractivity contribution in [2.24, 2.45) is 0 Å².